The van der Waals surface area contributed by atoms with Crippen LogP contribution in [0.4, 0.5) is 11.4 Å². The fraction of sp³-hybridized carbons (Fsp3) is 0.571. The summed E-state index contributed by atoms with van der Waals surface area (Å²) < 4.78 is 0. The fourth-order valence-corrected chi connectivity index (χ4v) is 2.33. The Labute approximate surface area is 117 Å². The topological polar surface area (TPSA) is 55.2 Å². The average Bonchev–Trinajstić information content (AvgIpc) is 2.88. The highest BCUT2D eigenvalue weighted by Gasteiger charge is 2.20. The Kier molecular flexibility index (Phi) is 7.42. The molecule has 1 N–H and O–H groups in total. The van der Waals surface area contributed by atoms with Crippen molar-refractivity contribution < 1.29 is 4.92 Å². The SMILES string of the molecule is CCCCCCP.O=[N+]([O-])c1cccc2c1NCC2. The standard InChI is InChI=1S/C8H8N2O2.C6H15P/c11-10(12)7-3-1-2-6-4-5-9-8(6)7;1-2-3-4-5-6-7/h1-3,9H,4-5H2;2-7H2,1H3. The molecule has 0 aliphatic carbocycles. The van der Waals surface area contributed by atoms with Crippen LogP contribution >= 0.6 is 9.24 Å². The largest absolute Gasteiger partial charge is 0.379 e. The molecule has 0 spiro atoms. The summed E-state index contributed by atoms with van der Waals surface area (Å²) in [5, 5.41) is 13.5. The van der Waals surface area contributed by atoms with Crippen molar-refractivity contribution >= 4 is 20.6 Å². The maximum atomic E-state index is 10.5. The summed E-state index contributed by atoms with van der Waals surface area (Å²) in [5.74, 6) is 0. The molecule has 1 aromatic rings. The van der Waals surface area contributed by atoms with Gasteiger partial charge in [0.25, 0.3) is 5.69 Å². The summed E-state index contributed by atoms with van der Waals surface area (Å²) in [6, 6.07) is 5.17. The smallest absolute Gasteiger partial charge is 0.292 e. The molecule has 4 nitrogen and oxygen atoms in total. The Bertz CT molecular complexity index is 406. The van der Waals surface area contributed by atoms with Gasteiger partial charge >= 0.3 is 0 Å². The van der Waals surface area contributed by atoms with Crippen molar-refractivity contribution in [2.45, 2.75) is 39.0 Å². The highest BCUT2D eigenvalue weighted by atomic mass is 31.0. The molecule has 1 aromatic carbocycles. The van der Waals surface area contributed by atoms with Gasteiger partial charge in [-0.25, -0.2) is 0 Å². The van der Waals surface area contributed by atoms with E-state index in [1.54, 1.807) is 6.07 Å². The maximum absolute atomic E-state index is 10.5. The number of nitro benzene ring substituents is 1. The lowest BCUT2D eigenvalue weighted by Gasteiger charge is -1.99. The number of unbranched alkanes of at least 4 members (excludes halogenated alkanes) is 3. The molecule has 1 unspecified atom stereocenters. The van der Waals surface area contributed by atoms with Gasteiger partial charge in [0.15, 0.2) is 0 Å². The first kappa shape index (κ1) is 15.9. The Morgan fingerprint density at radius 2 is 2.16 bits per heavy atom. The molecule has 0 saturated carbocycles. The molecular formula is C14H23N2O2P. The first-order valence-corrected chi connectivity index (χ1v) is 7.72. The third-order valence-electron chi connectivity index (χ3n) is 3.08. The predicted molar refractivity (Wildman–Crippen MR) is 84.0 cm³/mol. The van der Waals surface area contributed by atoms with Crippen LogP contribution in [-0.2, 0) is 6.42 Å². The number of benzene rings is 1. The Balaban J connectivity index is 0.000000224. The van der Waals surface area contributed by atoms with Crippen LogP contribution in [0.15, 0.2) is 18.2 Å². The summed E-state index contributed by atoms with van der Waals surface area (Å²) in [6.07, 6.45) is 7.73. The fourth-order valence-electron chi connectivity index (χ4n) is 2.04. The van der Waals surface area contributed by atoms with Crippen LogP contribution in [0.1, 0.15) is 38.2 Å². The number of anilines is 1. The van der Waals surface area contributed by atoms with Crippen LogP contribution in [0.5, 0.6) is 0 Å². The van der Waals surface area contributed by atoms with Crippen molar-refractivity contribution in [3.8, 4) is 0 Å². The van der Waals surface area contributed by atoms with E-state index in [0.717, 1.165) is 18.5 Å². The summed E-state index contributed by atoms with van der Waals surface area (Å²) in [6.45, 7) is 3.04. The second-order valence-corrected chi connectivity index (χ2v) is 5.17. The Hall–Kier alpha value is -1.15. The van der Waals surface area contributed by atoms with E-state index in [0.29, 0.717) is 5.69 Å². The van der Waals surface area contributed by atoms with Crippen LogP contribution in [0.25, 0.3) is 0 Å². The zero-order chi connectivity index (χ0) is 14.1. The van der Waals surface area contributed by atoms with Gasteiger partial charge < -0.3 is 5.32 Å². The zero-order valence-corrected chi connectivity index (χ0v) is 12.7. The number of fused-ring (bicyclic) bond motifs is 1. The predicted octanol–water partition coefficient (Wildman–Crippen LogP) is 4.00. The minimum absolute atomic E-state index is 0.185. The highest BCUT2D eigenvalue weighted by Crippen LogP contribution is 2.31. The first-order chi connectivity index (χ1) is 9.20. The number of para-hydroxylation sites is 1. The molecule has 0 saturated heterocycles. The highest BCUT2D eigenvalue weighted by molar-refractivity contribution is 7.16. The number of nitrogens with one attached hydrogen (secondary N) is 1. The number of hydrogen-bond acceptors (Lipinski definition) is 3. The van der Waals surface area contributed by atoms with Gasteiger partial charge in [0.05, 0.1) is 4.92 Å². The van der Waals surface area contributed by atoms with E-state index in [4.69, 9.17) is 0 Å². The van der Waals surface area contributed by atoms with Crippen molar-refractivity contribution in [1.82, 2.24) is 0 Å². The molecule has 0 bridgehead atoms. The molecular weight excluding hydrogens is 259 g/mol. The van der Waals surface area contributed by atoms with Crippen LogP contribution in [0.3, 0.4) is 0 Å². The summed E-state index contributed by atoms with van der Waals surface area (Å²) in [7, 11) is 2.75. The molecule has 2 rings (SSSR count). The van der Waals surface area contributed by atoms with Gasteiger partial charge in [-0.3, -0.25) is 10.1 Å². The minimum Gasteiger partial charge on any atom is -0.379 e. The van der Waals surface area contributed by atoms with E-state index in [9.17, 15) is 10.1 Å². The van der Waals surface area contributed by atoms with Crippen LogP contribution in [-0.4, -0.2) is 17.6 Å². The molecule has 5 heteroatoms. The lowest BCUT2D eigenvalue weighted by molar-refractivity contribution is -0.383. The van der Waals surface area contributed by atoms with E-state index in [-0.39, 0.29) is 10.6 Å². The van der Waals surface area contributed by atoms with E-state index in [2.05, 4.69) is 21.5 Å². The molecule has 106 valence electrons. The van der Waals surface area contributed by atoms with Gasteiger partial charge in [0.2, 0.25) is 0 Å². The summed E-state index contributed by atoms with van der Waals surface area (Å²) in [4.78, 5) is 10.2. The maximum Gasteiger partial charge on any atom is 0.292 e. The second kappa shape index (κ2) is 8.87. The molecule has 1 aliphatic heterocycles. The van der Waals surface area contributed by atoms with Gasteiger partial charge in [-0.1, -0.05) is 38.3 Å². The van der Waals surface area contributed by atoms with E-state index in [1.165, 1.54) is 37.9 Å². The summed E-state index contributed by atoms with van der Waals surface area (Å²) >= 11 is 0. The molecule has 0 aromatic heterocycles. The molecule has 19 heavy (non-hydrogen) atoms. The normalized spacial score (nSPS) is 12.1. The molecule has 0 radical (unpaired) electrons. The van der Waals surface area contributed by atoms with Gasteiger partial charge in [0, 0.05) is 12.6 Å². The Morgan fingerprint density at radius 1 is 1.37 bits per heavy atom. The lowest BCUT2D eigenvalue weighted by atomic mass is 10.1. The van der Waals surface area contributed by atoms with Crippen molar-refractivity contribution in [3.63, 3.8) is 0 Å². The number of nitrogens with zero attached hydrogens (tertiary/aromatic N) is 1. The van der Waals surface area contributed by atoms with E-state index in [1.807, 2.05) is 6.07 Å². The third-order valence-corrected chi connectivity index (χ3v) is 3.49. The van der Waals surface area contributed by atoms with Gasteiger partial charge in [-0.05, 0) is 24.6 Å². The van der Waals surface area contributed by atoms with Gasteiger partial charge in [0.1, 0.15) is 5.69 Å². The quantitative estimate of drug-likeness (QED) is 0.384. The van der Waals surface area contributed by atoms with Crippen molar-refractivity contribution in [1.29, 1.82) is 0 Å². The van der Waals surface area contributed by atoms with Crippen LogP contribution in [0, 0.1) is 10.1 Å². The van der Waals surface area contributed by atoms with Crippen molar-refractivity contribution in [3.05, 3.63) is 33.9 Å². The molecule has 0 amide bonds. The molecule has 1 heterocycles. The lowest BCUT2D eigenvalue weighted by Crippen LogP contribution is -1.96. The first-order valence-electron chi connectivity index (χ1n) is 6.91. The average molecular weight is 282 g/mol. The molecule has 1 atom stereocenters. The zero-order valence-electron chi connectivity index (χ0n) is 11.5. The molecule has 0 fully saturated rings. The number of nitro groups is 1. The van der Waals surface area contributed by atoms with Crippen molar-refractivity contribution in [2.24, 2.45) is 0 Å². The van der Waals surface area contributed by atoms with E-state index < -0.39 is 0 Å². The second-order valence-electron chi connectivity index (χ2n) is 4.59. The monoisotopic (exact) mass is 282 g/mol. The van der Waals surface area contributed by atoms with Gasteiger partial charge in [-0.15, -0.1) is 9.24 Å². The van der Waals surface area contributed by atoms with Gasteiger partial charge in [-0.2, -0.15) is 0 Å². The Morgan fingerprint density at radius 3 is 2.79 bits per heavy atom. The third kappa shape index (κ3) is 5.15. The summed E-state index contributed by atoms with van der Waals surface area (Å²) in [5.41, 5.74) is 1.93. The molecule has 1 aliphatic rings. The number of rotatable bonds is 5. The minimum atomic E-state index is -0.350. The van der Waals surface area contributed by atoms with Crippen LogP contribution in [0.2, 0.25) is 0 Å². The number of hydrogen-bond donors (Lipinski definition) is 1. The van der Waals surface area contributed by atoms with Crippen LogP contribution < -0.4 is 5.32 Å². The van der Waals surface area contributed by atoms with E-state index >= 15 is 0 Å². The van der Waals surface area contributed by atoms with Crippen molar-refractivity contribution in [2.75, 3.05) is 18.0 Å².